The van der Waals surface area contributed by atoms with E-state index in [-0.39, 0.29) is 6.10 Å². The van der Waals surface area contributed by atoms with Crippen LogP contribution < -0.4 is 4.74 Å². The molecule has 1 rings (SSSR count). The van der Waals surface area contributed by atoms with Crippen LogP contribution in [0.3, 0.4) is 0 Å². The number of ether oxygens (including phenoxy) is 1. The largest absolute Gasteiger partial charge is 0.487 e. The van der Waals surface area contributed by atoms with Crippen LogP contribution in [0.1, 0.15) is 13.8 Å². The topological polar surface area (TPSA) is 46.5 Å². The second-order valence-corrected chi connectivity index (χ2v) is 3.29. The molecular weight excluding hydrogens is 216 g/mol. The second kappa shape index (κ2) is 8.16. The number of carbonyl (C=O) groups is 1. The Labute approximate surface area is 102 Å². The molecular formula is C14H18O3. The van der Waals surface area contributed by atoms with Crippen LogP contribution in [-0.2, 0) is 4.79 Å². The van der Waals surface area contributed by atoms with Crippen molar-refractivity contribution in [2.75, 3.05) is 0 Å². The molecule has 92 valence electrons. The zero-order valence-electron chi connectivity index (χ0n) is 10.2. The van der Waals surface area contributed by atoms with E-state index in [0.717, 1.165) is 5.75 Å². The van der Waals surface area contributed by atoms with Gasteiger partial charge in [-0.25, -0.2) is 4.79 Å². The molecule has 0 radical (unpaired) electrons. The fourth-order valence-corrected chi connectivity index (χ4v) is 1.17. The van der Waals surface area contributed by atoms with Gasteiger partial charge in [-0.15, -0.1) is 13.2 Å². The highest BCUT2D eigenvalue weighted by Gasteiger charge is 2.04. The van der Waals surface area contributed by atoms with E-state index in [1.54, 1.807) is 19.9 Å². The number of benzene rings is 1. The van der Waals surface area contributed by atoms with E-state index in [0.29, 0.717) is 5.57 Å². The number of carboxylic acids is 1. The van der Waals surface area contributed by atoms with E-state index in [1.807, 2.05) is 30.3 Å². The Kier molecular flexibility index (Phi) is 7.19. The van der Waals surface area contributed by atoms with Gasteiger partial charge in [0.25, 0.3) is 0 Å². The van der Waals surface area contributed by atoms with E-state index in [1.165, 1.54) is 0 Å². The number of carboxylic acid groups (broad SMARTS) is 1. The van der Waals surface area contributed by atoms with Gasteiger partial charge in [0.1, 0.15) is 11.9 Å². The van der Waals surface area contributed by atoms with Crippen LogP contribution in [0.4, 0.5) is 0 Å². The molecule has 0 aliphatic rings. The van der Waals surface area contributed by atoms with E-state index in [2.05, 4.69) is 13.2 Å². The Morgan fingerprint density at radius 1 is 1.35 bits per heavy atom. The molecule has 0 bridgehead atoms. The fourth-order valence-electron chi connectivity index (χ4n) is 1.17. The highest BCUT2D eigenvalue weighted by molar-refractivity contribution is 5.85. The molecule has 1 aromatic carbocycles. The van der Waals surface area contributed by atoms with Crippen LogP contribution in [0.15, 0.2) is 55.1 Å². The first-order valence-corrected chi connectivity index (χ1v) is 5.23. The van der Waals surface area contributed by atoms with Crippen LogP contribution >= 0.6 is 0 Å². The van der Waals surface area contributed by atoms with Crippen molar-refractivity contribution in [3.63, 3.8) is 0 Å². The summed E-state index contributed by atoms with van der Waals surface area (Å²) in [5.74, 6) is -0.182. The summed E-state index contributed by atoms with van der Waals surface area (Å²) in [6.07, 6.45) is 1.33. The molecule has 0 saturated heterocycles. The zero-order valence-corrected chi connectivity index (χ0v) is 10.2. The molecule has 1 atom stereocenters. The highest BCUT2D eigenvalue weighted by atomic mass is 16.5. The van der Waals surface area contributed by atoms with Crippen molar-refractivity contribution in [2.45, 2.75) is 20.0 Å². The fraction of sp³-hybridized carbons (Fsp3) is 0.214. The van der Waals surface area contributed by atoms with Crippen LogP contribution in [-0.4, -0.2) is 17.2 Å². The molecule has 0 aliphatic carbocycles. The lowest BCUT2D eigenvalue weighted by molar-refractivity contribution is -0.132. The van der Waals surface area contributed by atoms with Gasteiger partial charge in [0.05, 0.1) is 0 Å². The molecule has 0 heterocycles. The molecule has 0 amide bonds. The van der Waals surface area contributed by atoms with Crippen molar-refractivity contribution in [1.29, 1.82) is 0 Å². The molecule has 0 saturated carbocycles. The molecule has 1 unspecified atom stereocenters. The number of hydrogen-bond acceptors (Lipinski definition) is 2. The molecule has 17 heavy (non-hydrogen) atoms. The first-order valence-electron chi connectivity index (χ1n) is 5.23. The van der Waals surface area contributed by atoms with Crippen LogP contribution in [0.2, 0.25) is 0 Å². The summed E-state index contributed by atoms with van der Waals surface area (Å²) in [6.45, 7) is 9.35. The van der Waals surface area contributed by atoms with Crippen molar-refractivity contribution >= 4 is 5.97 Å². The van der Waals surface area contributed by atoms with Gasteiger partial charge in [-0.05, 0) is 32.1 Å². The third kappa shape index (κ3) is 6.20. The second-order valence-electron chi connectivity index (χ2n) is 3.29. The summed E-state index contributed by atoms with van der Waals surface area (Å²) >= 11 is 0. The maximum Gasteiger partial charge on any atom is 0.331 e. The Bertz CT molecular complexity index is 368. The molecule has 0 aliphatic heterocycles. The molecule has 0 aromatic heterocycles. The summed E-state index contributed by atoms with van der Waals surface area (Å²) in [6, 6.07) is 9.31. The molecule has 0 fully saturated rings. The first kappa shape index (κ1) is 15.0. The third-order valence-corrected chi connectivity index (χ3v) is 1.89. The van der Waals surface area contributed by atoms with Gasteiger partial charge in [0.15, 0.2) is 0 Å². The van der Waals surface area contributed by atoms with E-state index >= 15 is 0 Å². The van der Waals surface area contributed by atoms with Gasteiger partial charge in [-0.3, -0.25) is 0 Å². The molecule has 1 N–H and O–H groups in total. The van der Waals surface area contributed by atoms with Gasteiger partial charge in [0.2, 0.25) is 0 Å². The summed E-state index contributed by atoms with van der Waals surface area (Å²) in [5.41, 5.74) is 0.290. The number of hydrogen-bond donors (Lipinski definition) is 1. The molecule has 3 heteroatoms. The minimum atomic E-state index is -0.918. The van der Waals surface area contributed by atoms with Gasteiger partial charge in [-0.1, -0.05) is 18.2 Å². The van der Waals surface area contributed by atoms with Crippen molar-refractivity contribution < 1.29 is 14.6 Å². The Balaban J connectivity index is 0.00000121. The predicted octanol–water partition coefficient (Wildman–Crippen LogP) is 3.29. The standard InChI is InChI=1S/C12H14O3.C2H4/c1-9(12(13)14)8-10(2)15-11-6-4-3-5-7-11;1-2/h3-8,10H,1-2H3,(H,13,14);1-2H2. The Morgan fingerprint density at radius 3 is 2.35 bits per heavy atom. The summed E-state index contributed by atoms with van der Waals surface area (Å²) in [4.78, 5) is 10.6. The average Bonchev–Trinajstić information content (AvgIpc) is 2.32. The summed E-state index contributed by atoms with van der Waals surface area (Å²) in [7, 11) is 0. The predicted molar refractivity (Wildman–Crippen MR) is 69.2 cm³/mol. The maximum atomic E-state index is 10.6. The third-order valence-electron chi connectivity index (χ3n) is 1.89. The number of aliphatic carboxylic acids is 1. The van der Waals surface area contributed by atoms with Crippen LogP contribution in [0, 0.1) is 0 Å². The van der Waals surface area contributed by atoms with Crippen LogP contribution in [0.25, 0.3) is 0 Å². The lowest BCUT2D eigenvalue weighted by atomic mass is 10.2. The number of rotatable bonds is 4. The average molecular weight is 234 g/mol. The number of para-hydroxylation sites is 1. The smallest absolute Gasteiger partial charge is 0.331 e. The van der Waals surface area contributed by atoms with Crippen molar-refractivity contribution in [2.24, 2.45) is 0 Å². The Hall–Kier alpha value is -2.03. The first-order chi connectivity index (χ1) is 8.09. The van der Waals surface area contributed by atoms with Gasteiger partial charge < -0.3 is 9.84 Å². The van der Waals surface area contributed by atoms with E-state index in [9.17, 15) is 4.79 Å². The molecule has 0 spiro atoms. The zero-order chi connectivity index (χ0) is 13.3. The lowest BCUT2D eigenvalue weighted by Crippen LogP contribution is -2.10. The van der Waals surface area contributed by atoms with E-state index < -0.39 is 5.97 Å². The monoisotopic (exact) mass is 234 g/mol. The quantitative estimate of drug-likeness (QED) is 0.642. The van der Waals surface area contributed by atoms with Crippen molar-refractivity contribution in [3.8, 4) is 5.75 Å². The maximum absolute atomic E-state index is 10.6. The normalized spacial score (nSPS) is 12.0. The minimum absolute atomic E-state index is 0.247. The lowest BCUT2D eigenvalue weighted by Gasteiger charge is -2.10. The van der Waals surface area contributed by atoms with Crippen molar-refractivity contribution in [3.05, 3.63) is 55.1 Å². The van der Waals surface area contributed by atoms with Crippen molar-refractivity contribution in [1.82, 2.24) is 0 Å². The summed E-state index contributed by atoms with van der Waals surface area (Å²) < 4.78 is 5.50. The van der Waals surface area contributed by atoms with Gasteiger partial charge >= 0.3 is 5.97 Å². The SMILES string of the molecule is C=C.CC(=CC(C)Oc1ccccc1)C(=O)O. The molecule has 3 nitrogen and oxygen atoms in total. The Morgan fingerprint density at radius 2 is 1.88 bits per heavy atom. The summed E-state index contributed by atoms with van der Waals surface area (Å²) in [5, 5.41) is 8.67. The minimum Gasteiger partial charge on any atom is -0.487 e. The van der Waals surface area contributed by atoms with Gasteiger partial charge in [0, 0.05) is 5.57 Å². The van der Waals surface area contributed by atoms with E-state index in [4.69, 9.17) is 9.84 Å². The highest BCUT2D eigenvalue weighted by Crippen LogP contribution is 2.12. The van der Waals surface area contributed by atoms with Crippen LogP contribution in [0.5, 0.6) is 5.75 Å². The van der Waals surface area contributed by atoms with Gasteiger partial charge in [-0.2, -0.15) is 0 Å². The molecule has 1 aromatic rings.